The minimum atomic E-state index is -3.72. The Kier molecular flexibility index (Phi) is 5.46. The third-order valence-electron chi connectivity index (χ3n) is 4.27. The normalized spacial score (nSPS) is 17.7. The van der Waals surface area contributed by atoms with Crippen LogP contribution in [-0.2, 0) is 14.8 Å². The number of hydrazine groups is 1. The van der Waals surface area contributed by atoms with E-state index in [1.54, 1.807) is 18.2 Å². The van der Waals surface area contributed by atoms with E-state index in [2.05, 4.69) is 10.3 Å². The summed E-state index contributed by atoms with van der Waals surface area (Å²) in [5.74, 6) is -0.161. The molecule has 5 nitrogen and oxygen atoms in total. The van der Waals surface area contributed by atoms with Crippen molar-refractivity contribution in [2.24, 2.45) is 0 Å². The van der Waals surface area contributed by atoms with Gasteiger partial charge >= 0.3 is 0 Å². The van der Waals surface area contributed by atoms with Gasteiger partial charge in [-0.05, 0) is 43.0 Å². The van der Waals surface area contributed by atoms with Crippen LogP contribution in [0.3, 0.4) is 0 Å². The molecule has 3 rings (SSSR count). The van der Waals surface area contributed by atoms with Crippen LogP contribution in [0.2, 0.25) is 5.02 Å². The van der Waals surface area contributed by atoms with Crippen molar-refractivity contribution in [3.63, 3.8) is 0 Å². The van der Waals surface area contributed by atoms with Crippen molar-refractivity contribution in [2.75, 3.05) is 0 Å². The SMILES string of the molecule is Cc1ccc(S(=O)(=O)NNC2=CC(=O)CC(c3ccccc3Cl)C2)cc1. The van der Waals surface area contributed by atoms with Gasteiger partial charge in [0.2, 0.25) is 0 Å². The second kappa shape index (κ2) is 7.61. The van der Waals surface area contributed by atoms with Gasteiger partial charge in [-0.1, -0.05) is 47.5 Å². The maximum atomic E-state index is 12.4. The highest BCUT2D eigenvalue weighted by atomic mass is 35.5. The molecule has 7 heteroatoms. The number of sulfonamides is 1. The molecule has 1 unspecified atom stereocenters. The Hall–Kier alpha value is -2.15. The molecule has 0 spiro atoms. The van der Waals surface area contributed by atoms with E-state index < -0.39 is 10.0 Å². The second-order valence-corrected chi connectivity index (χ2v) is 8.40. The van der Waals surface area contributed by atoms with E-state index in [9.17, 15) is 13.2 Å². The summed E-state index contributed by atoms with van der Waals surface area (Å²) in [5, 5.41) is 0.604. The van der Waals surface area contributed by atoms with Gasteiger partial charge in [-0.2, -0.15) is 0 Å². The maximum absolute atomic E-state index is 12.4. The summed E-state index contributed by atoms with van der Waals surface area (Å²) in [6.45, 7) is 1.88. The maximum Gasteiger partial charge on any atom is 0.257 e. The molecule has 1 aliphatic rings. The molecule has 0 aliphatic heterocycles. The van der Waals surface area contributed by atoms with Crippen LogP contribution < -0.4 is 10.3 Å². The van der Waals surface area contributed by atoms with Crippen LogP contribution in [0.1, 0.15) is 29.9 Å². The third-order valence-corrected chi connectivity index (χ3v) is 5.88. The fraction of sp³-hybridized carbons (Fsp3) is 0.211. The van der Waals surface area contributed by atoms with Gasteiger partial charge in [-0.3, -0.25) is 4.79 Å². The number of ketones is 1. The monoisotopic (exact) mass is 390 g/mol. The summed E-state index contributed by atoms with van der Waals surface area (Å²) in [6.07, 6.45) is 2.27. The summed E-state index contributed by atoms with van der Waals surface area (Å²) < 4.78 is 24.7. The summed E-state index contributed by atoms with van der Waals surface area (Å²) in [6, 6.07) is 13.9. The number of rotatable bonds is 5. The van der Waals surface area contributed by atoms with Crippen LogP contribution in [0.4, 0.5) is 0 Å². The van der Waals surface area contributed by atoms with E-state index in [1.807, 2.05) is 25.1 Å². The Bertz CT molecular complexity index is 953. The van der Waals surface area contributed by atoms with Gasteiger partial charge in [0.15, 0.2) is 5.78 Å². The van der Waals surface area contributed by atoms with Gasteiger partial charge in [0.25, 0.3) is 10.0 Å². The van der Waals surface area contributed by atoms with E-state index in [1.165, 1.54) is 18.2 Å². The number of nitrogens with one attached hydrogen (secondary N) is 2. The summed E-state index contributed by atoms with van der Waals surface area (Å²) >= 11 is 6.23. The number of aryl methyl sites for hydroxylation is 1. The lowest BCUT2D eigenvalue weighted by Crippen LogP contribution is -2.38. The molecule has 0 amide bonds. The lowest BCUT2D eigenvalue weighted by molar-refractivity contribution is -0.115. The van der Waals surface area contributed by atoms with Gasteiger partial charge in [-0.15, -0.1) is 4.83 Å². The average molecular weight is 391 g/mol. The smallest absolute Gasteiger partial charge is 0.257 e. The van der Waals surface area contributed by atoms with Crippen molar-refractivity contribution < 1.29 is 13.2 Å². The molecule has 1 aliphatic carbocycles. The number of benzene rings is 2. The Morgan fingerprint density at radius 2 is 1.73 bits per heavy atom. The second-order valence-electron chi connectivity index (χ2n) is 6.31. The quantitative estimate of drug-likeness (QED) is 0.766. The third kappa shape index (κ3) is 4.33. The molecule has 2 aromatic rings. The van der Waals surface area contributed by atoms with Gasteiger partial charge in [0.05, 0.1) is 4.90 Å². The Labute approximate surface area is 158 Å². The number of carbonyl (C=O) groups is 1. The molecular formula is C19H19ClN2O3S. The summed E-state index contributed by atoms with van der Waals surface area (Å²) in [5.41, 5.74) is 5.06. The minimum Gasteiger partial charge on any atom is -0.312 e. The van der Waals surface area contributed by atoms with Crippen molar-refractivity contribution in [2.45, 2.75) is 30.6 Å². The molecule has 0 aromatic heterocycles. The van der Waals surface area contributed by atoms with Crippen LogP contribution in [0, 0.1) is 6.92 Å². The molecule has 0 radical (unpaired) electrons. The van der Waals surface area contributed by atoms with E-state index in [0.29, 0.717) is 23.6 Å². The molecule has 136 valence electrons. The van der Waals surface area contributed by atoms with Crippen LogP contribution in [0.5, 0.6) is 0 Å². The molecule has 0 bridgehead atoms. The number of allylic oxidation sites excluding steroid dienone is 2. The van der Waals surface area contributed by atoms with Crippen LogP contribution in [0.25, 0.3) is 0 Å². The number of hydrogen-bond donors (Lipinski definition) is 2. The van der Waals surface area contributed by atoms with E-state index in [0.717, 1.165) is 11.1 Å². The zero-order valence-corrected chi connectivity index (χ0v) is 15.8. The molecule has 0 saturated carbocycles. The van der Waals surface area contributed by atoms with Gasteiger partial charge in [-0.25, -0.2) is 8.42 Å². The molecule has 0 fully saturated rings. The average Bonchev–Trinajstić information content (AvgIpc) is 2.60. The minimum absolute atomic E-state index is 0.0711. The Morgan fingerprint density at radius 3 is 2.42 bits per heavy atom. The van der Waals surface area contributed by atoms with Crippen molar-refractivity contribution >= 4 is 27.4 Å². The highest BCUT2D eigenvalue weighted by Gasteiger charge is 2.24. The Balaban J connectivity index is 1.72. The fourth-order valence-electron chi connectivity index (χ4n) is 2.91. The van der Waals surface area contributed by atoms with Crippen LogP contribution >= 0.6 is 11.6 Å². The van der Waals surface area contributed by atoms with Crippen LogP contribution in [0.15, 0.2) is 65.2 Å². The number of carbonyl (C=O) groups excluding carboxylic acids is 1. The first-order chi connectivity index (χ1) is 12.3. The lowest BCUT2D eigenvalue weighted by atomic mass is 9.85. The van der Waals surface area contributed by atoms with Gasteiger partial charge < -0.3 is 5.43 Å². The Morgan fingerprint density at radius 1 is 1.04 bits per heavy atom. The molecule has 0 saturated heterocycles. The first kappa shape index (κ1) is 18.6. The van der Waals surface area contributed by atoms with E-state index >= 15 is 0 Å². The molecule has 2 aromatic carbocycles. The van der Waals surface area contributed by atoms with Crippen molar-refractivity contribution in [3.8, 4) is 0 Å². The zero-order valence-electron chi connectivity index (χ0n) is 14.2. The van der Waals surface area contributed by atoms with Crippen molar-refractivity contribution in [1.29, 1.82) is 0 Å². The molecular weight excluding hydrogens is 372 g/mol. The summed E-state index contributed by atoms with van der Waals surface area (Å²) in [7, 11) is -3.72. The number of halogens is 1. The topological polar surface area (TPSA) is 75.3 Å². The predicted octanol–water partition coefficient (Wildman–Crippen LogP) is 3.46. The van der Waals surface area contributed by atoms with E-state index in [4.69, 9.17) is 11.6 Å². The molecule has 2 N–H and O–H groups in total. The fourth-order valence-corrected chi connectivity index (χ4v) is 4.08. The van der Waals surface area contributed by atoms with Crippen molar-refractivity contribution in [3.05, 3.63) is 76.5 Å². The van der Waals surface area contributed by atoms with Crippen molar-refractivity contribution in [1.82, 2.24) is 10.3 Å². The summed E-state index contributed by atoms with van der Waals surface area (Å²) in [4.78, 5) is 14.6. The highest BCUT2D eigenvalue weighted by Crippen LogP contribution is 2.34. The standard InChI is InChI=1S/C19H19ClN2O3S/c1-13-6-8-17(9-7-13)26(24,25)22-21-15-10-14(11-16(23)12-15)18-4-2-3-5-19(18)20/h2-9,12,14,21-22H,10-11H2,1H3. The first-order valence-corrected chi connectivity index (χ1v) is 10.0. The van der Waals surface area contributed by atoms with Gasteiger partial charge in [0.1, 0.15) is 0 Å². The predicted molar refractivity (Wildman–Crippen MR) is 101 cm³/mol. The molecule has 0 heterocycles. The number of hydrogen-bond acceptors (Lipinski definition) is 4. The van der Waals surface area contributed by atoms with Gasteiger partial charge in [0, 0.05) is 23.2 Å². The van der Waals surface area contributed by atoms with E-state index in [-0.39, 0.29) is 16.6 Å². The highest BCUT2D eigenvalue weighted by molar-refractivity contribution is 7.89. The largest absolute Gasteiger partial charge is 0.312 e. The zero-order chi connectivity index (χ0) is 18.7. The first-order valence-electron chi connectivity index (χ1n) is 8.17. The van der Waals surface area contributed by atoms with Crippen LogP contribution in [-0.4, -0.2) is 14.2 Å². The lowest BCUT2D eigenvalue weighted by Gasteiger charge is -2.24. The molecule has 26 heavy (non-hydrogen) atoms. The molecule has 1 atom stereocenters.